The Labute approximate surface area is 598 Å². The number of aromatic nitrogens is 2. The maximum Gasteiger partial charge on any atom is 0.0547 e. The minimum Gasteiger partial charge on any atom is -0.356 e. The second-order valence-corrected chi connectivity index (χ2v) is 25.9. The van der Waals surface area contributed by atoms with E-state index in [-0.39, 0.29) is 0 Å². The molecule has 0 spiro atoms. The summed E-state index contributed by atoms with van der Waals surface area (Å²) in [5.41, 5.74) is 27.2. The van der Waals surface area contributed by atoms with Crippen molar-refractivity contribution < 1.29 is 0 Å². The van der Waals surface area contributed by atoms with E-state index >= 15 is 0 Å². The molecule has 16 aromatic carbocycles. The summed E-state index contributed by atoms with van der Waals surface area (Å²) in [6.45, 7) is 0. The highest BCUT2D eigenvalue weighted by molar-refractivity contribution is 9.10. The Balaban J connectivity index is 0.000000136. The van der Waals surface area contributed by atoms with Gasteiger partial charge in [-0.15, -0.1) is 0 Å². The third kappa shape index (κ3) is 13.4. The van der Waals surface area contributed by atoms with E-state index in [1.54, 1.807) is 0 Å². The molecule has 2 aromatic heterocycles. The fraction of sp³-hybridized carbons (Fsp3) is 0. The zero-order valence-corrected chi connectivity index (χ0v) is 57.1. The van der Waals surface area contributed by atoms with E-state index in [1.165, 1.54) is 116 Å². The molecule has 0 fully saturated rings. The second kappa shape index (κ2) is 29.1. The van der Waals surface area contributed by atoms with Crippen molar-refractivity contribution in [2.75, 3.05) is 10.2 Å². The molecule has 0 unspecified atom stereocenters. The minimum absolute atomic E-state index is 1.08. The lowest BCUT2D eigenvalue weighted by Gasteiger charge is -2.26. The number of fused-ring (bicyclic) bond motifs is 6. The van der Waals surface area contributed by atoms with Gasteiger partial charge < -0.3 is 19.4 Å². The van der Waals surface area contributed by atoms with Gasteiger partial charge in [0.2, 0.25) is 0 Å². The first-order valence-electron chi connectivity index (χ1n) is 34.2. The van der Waals surface area contributed by atoms with Crippen LogP contribution in [0.25, 0.3) is 122 Å². The Bertz CT molecular complexity index is 5770. The van der Waals surface area contributed by atoms with Crippen LogP contribution >= 0.6 is 15.9 Å². The Morgan fingerprint density at radius 3 is 0.970 bits per heavy atom. The fourth-order valence-corrected chi connectivity index (χ4v) is 14.4. The largest absolute Gasteiger partial charge is 0.356 e. The molecule has 0 atom stereocenters. The van der Waals surface area contributed by atoms with Crippen LogP contribution in [-0.4, -0.2) is 9.13 Å². The summed E-state index contributed by atoms with van der Waals surface area (Å²) in [6.07, 6.45) is 0. The van der Waals surface area contributed by atoms with Gasteiger partial charge in [-0.2, -0.15) is 0 Å². The number of nitrogens with one attached hydrogen (secondary N) is 1. The van der Waals surface area contributed by atoms with Crippen molar-refractivity contribution in [3.63, 3.8) is 0 Å². The van der Waals surface area contributed by atoms with E-state index in [0.717, 1.165) is 38.6 Å². The van der Waals surface area contributed by atoms with Gasteiger partial charge in [0.25, 0.3) is 0 Å². The van der Waals surface area contributed by atoms with Gasteiger partial charge in [-0.05, 0) is 200 Å². The van der Waals surface area contributed by atoms with Crippen molar-refractivity contribution in [1.29, 1.82) is 0 Å². The summed E-state index contributed by atoms with van der Waals surface area (Å²) in [5, 5.41) is 8.36. The average Bonchev–Trinajstić information content (AvgIpc) is 1.61. The molecule has 0 saturated carbocycles. The van der Waals surface area contributed by atoms with Crippen molar-refractivity contribution in [2.45, 2.75) is 0 Å². The van der Waals surface area contributed by atoms with Gasteiger partial charge in [0, 0.05) is 65.8 Å². The number of anilines is 5. The van der Waals surface area contributed by atoms with Gasteiger partial charge in [0.1, 0.15) is 0 Å². The lowest BCUT2D eigenvalue weighted by atomic mass is 9.90. The summed E-state index contributed by atoms with van der Waals surface area (Å²) in [6, 6.07) is 147. The molecular weight excluding hydrogens is 1290 g/mol. The summed E-state index contributed by atoms with van der Waals surface area (Å²) in [7, 11) is 0. The first-order valence-corrected chi connectivity index (χ1v) is 35.0. The molecule has 0 bridgehead atoms. The van der Waals surface area contributed by atoms with Gasteiger partial charge in [-0.1, -0.05) is 295 Å². The Kier molecular flexibility index (Phi) is 18.1. The van der Waals surface area contributed by atoms with E-state index < -0.39 is 0 Å². The molecule has 480 valence electrons. The number of hydrogen-bond donors (Lipinski definition) is 1. The van der Waals surface area contributed by atoms with Crippen LogP contribution in [0.4, 0.5) is 28.4 Å². The van der Waals surface area contributed by atoms with Crippen LogP contribution in [0.1, 0.15) is 0 Å². The van der Waals surface area contributed by atoms with Crippen molar-refractivity contribution >= 4 is 88.0 Å². The lowest BCUT2D eigenvalue weighted by molar-refractivity contribution is 1.18. The number of para-hydroxylation sites is 8. The standard InChI is InChI=1S/C48H34N2.C36H24BrN.C12H11N/c1-5-16-35(17-6-1)46-33-36(37-29-31-45-44-26-13-14-27-47(44)50(48(45)34-37)41-23-11-4-12-24-41)28-30-43(46)38-18-15-25-42(32-38)49(39-19-7-2-8-20-39)40-21-9-3-10-22-40;37-29-13-9-12-28(22-29)31-20-18-26(23-34(31)25-10-3-1-4-11-25)27-19-21-33-32-16-7-8-17-35(32)38(36(33)24-27)30-14-5-2-6-15-30;1-3-7-11(8-4-1)13-12-9-5-2-6-10-12/h1-34H;1-24H;1-10,13H. The molecule has 0 aliphatic heterocycles. The van der Waals surface area contributed by atoms with Crippen LogP contribution in [0.15, 0.2) is 417 Å². The zero-order valence-electron chi connectivity index (χ0n) is 55.5. The predicted molar refractivity (Wildman–Crippen MR) is 433 cm³/mol. The van der Waals surface area contributed by atoms with E-state index in [9.17, 15) is 0 Å². The molecule has 101 heavy (non-hydrogen) atoms. The molecule has 4 nitrogen and oxygen atoms in total. The van der Waals surface area contributed by atoms with Crippen LogP contribution < -0.4 is 10.2 Å². The van der Waals surface area contributed by atoms with E-state index in [2.05, 4.69) is 387 Å². The van der Waals surface area contributed by atoms with Crippen LogP contribution in [0.5, 0.6) is 0 Å². The quantitative estimate of drug-likeness (QED) is 0.124. The van der Waals surface area contributed by atoms with Crippen molar-refractivity contribution in [1.82, 2.24) is 9.13 Å². The molecule has 5 heteroatoms. The number of rotatable bonds is 13. The first kappa shape index (κ1) is 63.0. The van der Waals surface area contributed by atoms with E-state index in [1.807, 2.05) is 60.7 Å². The minimum atomic E-state index is 1.08. The third-order valence-electron chi connectivity index (χ3n) is 18.7. The molecule has 2 heterocycles. The molecule has 18 rings (SSSR count). The third-order valence-corrected chi connectivity index (χ3v) is 19.2. The molecule has 0 aliphatic carbocycles. The predicted octanol–water partition coefficient (Wildman–Crippen LogP) is 27.2. The topological polar surface area (TPSA) is 25.1 Å². The van der Waals surface area contributed by atoms with Gasteiger partial charge in [0.15, 0.2) is 0 Å². The monoisotopic (exact) mass is 1360 g/mol. The molecule has 0 saturated heterocycles. The van der Waals surface area contributed by atoms with Crippen molar-refractivity contribution in [3.05, 3.63) is 417 Å². The molecule has 0 aliphatic rings. The molecule has 1 N–H and O–H groups in total. The Hall–Kier alpha value is -12.8. The van der Waals surface area contributed by atoms with Crippen LogP contribution in [-0.2, 0) is 0 Å². The normalized spacial score (nSPS) is 11.0. The number of nitrogens with zero attached hydrogens (tertiary/aromatic N) is 3. The maximum atomic E-state index is 3.65. The SMILES string of the molecule is Brc1cccc(-c2ccc(-c3ccc4c5ccccc5n(-c5ccccc5)c4c3)cc2-c2ccccc2)c1.c1ccc(-c2cc(-c3ccc4c5ccccc5n(-c5ccccc5)c4c3)ccc2-c2cccc(N(c3ccccc3)c3ccccc3)c2)cc1.c1ccc(Nc2ccccc2)cc1. The number of halogens is 1. The fourth-order valence-electron chi connectivity index (χ4n) is 14.0. The lowest BCUT2D eigenvalue weighted by Crippen LogP contribution is -2.09. The van der Waals surface area contributed by atoms with Crippen LogP contribution in [0.2, 0.25) is 0 Å². The zero-order chi connectivity index (χ0) is 67.7. The van der Waals surface area contributed by atoms with E-state index in [0.29, 0.717) is 0 Å². The second-order valence-electron chi connectivity index (χ2n) is 25.0. The van der Waals surface area contributed by atoms with E-state index in [4.69, 9.17) is 0 Å². The smallest absolute Gasteiger partial charge is 0.0547 e. The van der Waals surface area contributed by atoms with Gasteiger partial charge in [-0.25, -0.2) is 0 Å². The highest BCUT2D eigenvalue weighted by Crippen LogP contribution is 2.44. The molecule has 18 aromatic rings. The first-order chi connectivity index (χ1) is 50.0. The van der Waals surface area contributed by atoms with Crippen LogP contribution in [0.3, 0.4) is 0 Å². The highest BCUT2D eigenvalue weighted by atomic mass is 79.9. The van der Waals surface area contributed by atoms with Gasteiger partial charge >= 0.3 is 0 Å². The number of benzene rings is 16. The van der Waals surface area contributed by atoms with Crippen molar-refractivity contribution in [3.8, 4) is 78.1 Å². The number of hydrogen-bond acceptors (Lipinski definition) is 2. The van der Waals surface area contributed by atoms with Crippen molar-refractivity contribution in [2.24, 2.45) is 0 Å². The summed E-state index contributed by atoms with van der Waals surface area (Å²) < 4.78 is 5.84. The Morgan fingerprint density at radius 2 is 0.535 bits per heavy atom. The van der Waals surface area contributed by atoms with Gasteiger partial charge in [-0.3, -0.25) is 0 Å². The summed E-state index contributed by atoms with van der Waals surface area (Å²) >= 11 is 3.65. The summed E-state index contributed by atoms with van der Waals surface area (Å²) in [5.74, 6) is 0. The Morgan fingerprint density at radius 1 is 0.208 bits per heavy atom. The van der Waals surface area contributed by atoms with Crippen LogP contribution in [0, 0.1) is 0 Å². The molecule has 0 radical (unpaired) electrons. The average molecular weight is 1360 g/mol. The molecule has 0 amide bonds. The molecular formula is C96H69BrN4. The van der Waals surface area contributed by atoms with Gasteiger partial charge in [0.05, 0.1) is 22.1 Å². The highest BCUT2D eigenvalue weighted by Gasteiger charge is 2.19. The summed E-state index contributed by atoms with van der Waals surface area (Å²) in [4.78, 5) is 2.32. The maximum absolute atomic E-state index is 3.65.